The van der Waals surface area contributed by atoms with Gasteiger partial charge in [0.15, 0.2) is 0 Å². The number of piperidine rings is 1. The number of hydrogen-bond acceptors (Lipinski definition) is 2. The Morgan fingerprint density at radius 1 is 1.08 bits per heavy atom. The summed E-state index contributed by atoms with van der Waals surface area (Å²) < 4.78 is 40.5. The number of carbonyl (C=O) groups is 1. The molecule has 0 N–H and O–H groups in total. The minimum atomic E-state index is -2.54. The predicted molar refractivity (Wildman–Crippen MR) is 87.8 cm³/mol. The van der Waals surface area contributed by atoms with Gasteiger partial charge >= 0.3 is 0 Å². The smallest absolute Gasteiger partial charge is 0.255 e. The van der Waals surface area contributed by atoms with Crippen LogP contribution in [0, 0.1) is 5.82 Å². The Balaban J connectivity index is 1.53. The molecule has 0 radical (unpaired) electrons. The van der Waals surface area contributed by atoms with Crippen LogP contribution in [0.2, 0.25) is 0 Å². The molecule has 2 aliphatic heterocycles. The molecular formula is C19H23F3N2O. The minimum absolute atomic E-state index is 0.0616. The summed E-state index contributed by atoms with van der Waals surface area (Å²) in [6.45, 7) is 1.33. The third kappa shape index (κ3) is 3.16. The van der Waals surface area contributed by atoms with E-state index in [1.807, 2.05) is 4.90 Å². The number of carbonyl (C=O) groups excluding carboxylic acids is 1. The van der Waals surface area contributed by atoms with Gasteiger partial charge in [-0.1, -0.05) is 6.07 Å². The largest absolute Gasteiger partial charge is 0.319 e. The van der Waals surface area contributed by atoms with E-state index in [1.165, 1.54) is 12.1 Å². The molecule has 3 nitrogen and oxygen atoms in total. The fourth-order valence-electron chi connectivity index (χ4n) is 4.59. The summed E-state index contributed by atoms with van der Waals surface area (Å²) in [6, 6.07) is 4.48. The first-order valence-corrected chi connectivity index (χ1v) is 9.18. The Kier molecular flexibility index (Phi) is 4.26. The Morgan fingerprint density at radius 3 is 2.60 bits per heavy atom. The van der Waals surface area contributed by atoms with Gasteiger partial charge in [0.05, 0.1) is 6.17 Å². The average Bonchev–Trinajstić information content (AvgIpc) is 2.91. The molecule has 0 bridgehead atoms. The second-order valence-electron chi connectivity index (χ2n) is 7.54. The molecule has 0 spiro atoms. The van der Waals surface area contributed by atoms with E-state index in [9.17, 15) is 18.0 Å². The fraction of sp³-hybridized carbons (Fsp3) is 0.632. The molecule has 2 fully saturated rings. The van der Waals surface area contributed by atoms with Crippen LogP contribution in [0.1, 0.15) is 60.9 Å². The Bertz CT molecular complexity index is 669. The molecule has 1 amide bonds. The standard InChI is InChI=1S/C19H23F3N2O/c20-14-5-4-13-12-24(18(25)16(13)11-14)17-3-1-2-10-23(17)15-6-8-19(21,22)9-7-15/h4-5,11,15,17H,1-3,6-10,12H2. The van der Waals surface area contributed by atoms with Crippen molar-refractivity contribution in [1.29, 1.82) is 0 Å². The minimum Gasteiger partial charge on any atom is -0.319 e. The number of likely N-dealkylation sites (tertiary alicyclic amines) is 1. The van der Waals surface area contributed by atoms with Crippen molar-refractivity contribution in [3.63, 3.8) is 0 Å². The fourth-order valence-corrected chi connectivity index (χ4v) is 4.59. The topological polar surface area (TPSA) is 23.6 Å². The van der Waals surface area contributed by atoms with Crippen molar-refractivity contribution in [3.8, 4) is 0 Å². The van der Waals surface area contributed by atoms with Crippen LogP contribution in [-0.4, -0.2) is 40.4 Å². The van der Waals surface area contributed by atoms with Crippen LogP contribution in [0.3, 0.4) is 0 Å². The second-order valence-corrected chi connectivity index (χ2v) is 7.54. The number of fused-ring (bicyclic) bond motifs is 1. The van der Waals surface area contributed by atoms with Crippen LogP contribution < -0.4 is 0 Å². The lowest BCUT2D eigenvalue weighted by atomic mass is 9.89. The molecule has 0 aromatic heterocycles. The van der Waals surface area contributed by atoms with Gasteiger partial charge in [-0.25, -0.2) is 13.2 Å². The van der Waals surface area contributed by atoms with Crippen molar-refractivity contribution in [1.82, 2.24) is 9.80 Å². The molecule has 4 rings (SSSR count). The first-order chi connectivity index (χ1) is 11.9. The first-order valence-electron chi connectivity index (χ1n) is 9.18. The summed E-state index contributed by atoms with van der Waals surface area (Å²) in [5.74, 6) is -3.07. The first kappa shape index (κ1) is 16.9. The summed E-state index contributed by atoms with van der Waals surface area (Å²) in [4.78, 5) is 16.9. The van der Waals surface area contributed by atoms with Crippen molar-refractivity contribution in [3.05, 3.63) is 35.1 Å². The van der Waals surface area contributed by atoms with Crippen LogP contribution >= 0.6 is 0 Å². The molecule has 1 atom stereocenters. The number of hydrogen-bond donors (Lipinski definition) is 0. The van der Waals surface area contributed by atoms with Crippen LogP contribution in [-0.2, 0) is 6.54 Å². The van der Waals surface area contributed by atoms with Crippen LogP contribution in [0.25, 0.3) is 0 Å². The van der Waals surface area contributed by atoms with Gasteiger partial charge in [0, 0.05) is 37.5 Å². The second kappa shape index (κ2) is 6.31. The van der Waals surface area contributed by atoms with Crippen molar-refractivity contribution in [2.45, 2.75) is 69.6 Å². The number of rotatable bonds is 2. The maximum absolute atomic E-state index is 13.5. The summed E-state index contributed by atoms with van der Waals surface area (Å²) in [5.41, 5.74) is 1.30. The molecule has 1 unspecified atom stereocenters. The molecule has 1 saturated heterocycles. The molecule has 1 saturated carbocycles. The van der Waals surface area contributed by atoms with Crippen LogP contribution in [0.5, 0.6) is 0 Å². The third-order valence-corrected chi connectivity index (χ3v) is 5.93. The number of alkyl halides is 2. The number of amides is 1. The highest BCUT2D eigenvalue weighted by atomic mass is 19.3. The number of halogens is 3. The van der Waals surface area contributed by atoms with Crippen molar-refractivity contribution in [2.75, 3.05) is 6.54 Å². The lowest BCUT2D eigenvalue weighted by Gasteiger charge is -2.47. The lowest BCUT2D eigenvalue weighted by molar-refractivity contribution is -0.0763. The zero-order chi connectivity index (χ0) is 17.6. The molecule has 6 heteroatoms. The van der Waals surface area contributed by atoms with E-state index < -0.39 is 11.7 Å². The molecule has 2 heterocycles. The van der Waals surface area contributed by atoms with Gasteiger partial charge in [-0.2, -0.15) is 0 Å². The van der Waals surface area contributed by atoms with E-state index in [0.29, 0.717) is 24.9 Å². The van der Waals surface area contributed by atoms with E-state index >= 15 is 0 Å². The molecule has 136 valence electrons. The molecule has 3 aliphatic rings. The number of nitrogens with zero attached hydrogens (tertiary/aromatic N) is 2. The molecular weight excluding hydrogens is 329 g/mol. The highest BCUT2D eigenvalue weighted by Crippen LogP contribution is 2.38. The van der Waals surface area contributed by atoms with Crippen molar-refractivity contribution in [2.24, 2.45) is 0 Å². The maximum Gasteiger partial charge on any atom is 0.255 e. The van der Waals surface area contributed by atoms with Gasteiger partial charge in [-0.05, 0) is 49.8 Å². The van der Waals surface area contributed by atoms with Crippen LogP contribution in [0.15, 0.2) is 18.2 Å². The zero-order valence-electron chi connectivity index (χ0n) is 14.2. The average molecular weight is 352 g/mol. The van der Waals surface area contributed by atoms with E-state index in [4.69, 9.17) is 0 Å². The van der Waals surface area contributed by atoms with Gasteiger partial charge in [0.1, 0.15) is 5.82 Å². The Labute approximate surface area is 145 Å². The molecule has 1 aromatic carbocycles. The Morgan fingerprint density at radius 2 is 1.84 bits per heavy atom. The van der Waals surface area contributed by atoms with Crippen molar-refractivity contribution < 1.29 is 18.0 Å². The summed E-state index contributed by atoms with van der Waals surface area (Å²) in [6.07, 6.45) is 3.68. The van der Waals surface area contributed by atoms with Gasteiger partial charge in [-0.15, -0.1) is 0 Å². The summed E-state index contributed by atoms with van der Waals surface area (Å²) in [7, 11) is 0. The molecule has 25 heavy (non-hydrogen) atoms. The normalized spacial score (nSPS) is 27.6. The SMILES string of the molecule is O=C1c2cc(F)ccc2CN1C1CCCCN1C1CCC(F)(F)CC1. The van der Waals surface area contributed by atoms with E-state index in [2.05, 4.69) is 4.90 Å². The molecule has 1 aliphatic carbocycles. The van der Waals surface area contributed by atoms with Gasteiger partial charge < -0.3 is 4.90 Å². The zero-order valence-corrected chi connectivity index (χ0v) is 14.2. The van der Waals surface area contributed by atoms with E-state index in [0.717, 1.165) is 31.4 Å². The maximum atomic E-state index is 13.5. The van der Waals surface area contributed by atoms with Gasteiger partial charge in [0.25, 0.3) is 5.91 Å². The quantitative estimate of drug-likeness (QED) is 0.797. The monoisotopic (exact) mass is 352 g/mol. The lowest BCUT2D eigenvalue weighted by Crippen LogP contribution is -2.56. The summed E-state index contributed by atoms with van der Waals surface area (Å²) in [5, 5.41) is 0. The number of benzene rings is 1. The van der Waals surface area contributed by atoms with Crippen molar-refractivity contribution >= 4 is 5.91 Å². The Hall–Kier alpha value is -1.56. The third-order valence-electron chi connectivity index (χ3n) is 5.93. The highest BCUT2D eigenvalue weighted by Gasteiger charge is 2.42. The van der Waals surface area contributed by atoms with Gasteiger partial charge in [-0.3, -0.25) is 9.69 Å². The van der Waals surface area contributed by atoms with E-state index in [-0.39, 0.29) is 31.0 Å². The summed E-state index contributed by atoms with van der Waals surface area (Å²) >= 11 is 0. The van der Waals surface area contributed by atoms with Crippen LogP contribution in [0.4, 0.5) is 13.2 Å². The van der Waals surface area contributed by atoms with E-state index in [1.54, 1.807) is 6.07 Å². The van der Waals surface area contributed by atoms with Gasteiger partial charge in [0.2, 0.25) is 5.92 Å². The predicted octanol–water partition coefficient (Wildman–Crippen LogP) is 4.17. The highest BCUT2D eigenvalue weighted by molar-refractivity contribution is 5.98. The molecule has 1 aromatic rings.